The van der Waals surface area contributed by atoms with E-state index in [1.807, 2.05) is 26.0 Å². The predicted molar refractivity (Wildman–Crippen MR) is 62.8 cm³/mol. The normalized spacial score (nSPS) is 13.0. The molecule has 0 radical (unpaired) electrons. The molecule has 2 nitrogen and oxygen atoms in total. The van der Waals surface area contributed by atoms with Gasteiger partial charge in [-0.1, -0.05) is 17.7 Å². The molecule has 0 aliphatic heterocycles. The first kappa shape index (κ1) is 11.8. The van der Waals surface area contributed by atoms with Gasteiger partial charge in [-0.05, 0) is 45.4 Å². The highest BCUT2D eigenvalue weighted by atomic mass is 16.3. The Hall–Kier alpha value is -1.28. The quantitative estimate of drug-likeness (QED) is 0.781. The van der Waals surface area contributed by atoms with Crippen LogP contribution in [0.15, 0.2) is 24.3 Å². The van der Waals surface area contributed by atoms with E-state index in [-0.39, 0.29) is 5.75 Å². The summed E-state index contributed by atoms with van der Waals surface area (Å²) in [6, 6.07) is 5.44. The van der Waals surface area contributed by atoms with Crippen LogP contribution >= 0.6 is 0 Å². The van der Waals surface area contributed by atoms with Gasteiger partial charge in [0.05, 0.1) is 5.60 Å². The van der Waals surface area contributed by atoms with Crippen LogP contribution in [-0.2, 0) is 0 Å². The molecule has 1 aromatic rings. The Kier molecular flexibility index (Phi) is 3.20. The molecule has 0 spiro atoms. The second-order valence-corrected chi connectivity index (χ2v) is 4.50. The Morgan fingerprint density at radius 2 is 1.93 bits per heavy atom. The second kappa shape index (κ2) is 4.07. The van der Waals surface area contributed by atoms with Crippen LogP contribution in [0.1, 0.15) is 31.9 Å². The Morgan fingerprint density at radius 1 is 1.33 bits per heavy atom. The maximum atomic E-state index is 9.68. The van der Waals surface area contributed by atoms with Crippen molar-refractivity contribution in [3.05, 3.63) is 35.4 Å². The monoisotopic (exact) mass is 206 g/mol. The fraction of sp³-hybridized carbons (Fsp3) is 0.385. The zero-order valence-electron chi connectivity index (χ0n) is 9.70. The summed E-state index contributed by atoms with van der Waals surface area (Å²) < 4.78 is 0. The summed E-state index contributed by atoms with van der Waals surface area (Å²) in [6.07, 6.45) is 1.74. The third-order valence-electron chi connectivity index (χ3n) is 2.15. The van der Waals surface area contributed by atoms with Gasteiger partial charge >= 0.3 is 0 Å². The fourth-order valence-electron chi connectivity index (χ4n) is 1.57. The molecule has 0 unspecified atom stereocenters. The average Bonchev–Trinajstić information content (AvgIpc) is 2.06. The number of aliphatic hydroxyl groups is 1. The summed E-state index contributed by atoms with van der Waals surface area (Å²) in [5.41, 5.74) is 1.88. The lowest BCUT2D eigenvalue weighted by atomic mass is 9.98. The highest BCUT2D eigenvalue weighted by Crippen LogP contribution is 2.27. The van der Waals surface area contributed by atoms with Crippen molar-refractivity contribution in [1.82, 2.24) is 0 Å². The summed E-state index contributed by atoms with van der Waals surface area (Å²) in [6.45, 7) is 7.28. The van der Waals surface area contributed by atoms with Gasteiger partial charge in [-0.25, -0.2) is 0 Å². The van der Waals surface area contributed by atoms with Gasteiger partial charge in [0.25, 0.3) is 0 Å². The van der Waals surface area contributed by atoms with Crippen molar-refractivity contribution in [2.24, 2.45) is 0 Å². The van der Waals surface area contributed by atoms with Crippen molar-refractivity contribution < 1.29 is 10.2 Å². The number of benzene rings is 1. The molecule has 0 saturated carbocycles. The summed E-state index contributed by atoms with van der Waals surface area (Å²) >= 11 is 0. The molecule has 0 amide bonds. The molecular formula is C13H18O2. The SMILES string of the molecule is CC(=CC(C)(C)O)c1cc(C)ccc1O. The number of aromatic hydroxyl groups is 1. The van der Waals surface area contributed by atoms with Crippen molar-refractivity contribution >= 4 is 5.57 Å². The summed E-state index contributed by atoms with van der Waals surface area (Å²) in [4.78, 5) is 0. The second-order valence-electron chi connectivity index (χ2n) is 4.50. The van der Waals surface area contributed by atoms with Gasteiger partial charge in [-0.15, -0.1) is 0 Å². The first-order valence-corrected chi connectivity index (χ1v) is 5.01. The molecule has 0 fully saturated rings. The van der Waals surface area contributed by atoms with Crippen LogP contribution in [-0.4, -0.2) is 15.8 Å². The number of hydrogen-bond acceptors (Lipinski definition) is 2. The molecule has 2 N–H and O–H groups in total. The molecule has 1 rings (SSSR count). The lowest BCUT2D eigenvalue weighted by Gasteiger charge is -2.14. The molecule has 0 aliphatic rings. The highest BCUT2D eigenvalue weighted by molar-refractivity contribution is 5.70. The molecule has 0 aromatic heterocycles. The topological polar surface area (TPSA) is 40.5 Å². The first-order valence-electron chi connectivity index (χ1n) is 5.01. The maximum Gasteiger partial charge on any atom is 0.123 e. The first-order chi connectivity index (χ1) is 6.79. The number of aryl methyl sites for hydroxylation is 1. The zero-order chi connectivity index (χ0) is 11.6. The van der Waals surface area contributed by atoms with E-state index in [2.05, 4.69) is 0 Å². The highest BCUT2D eigenvalue weighted by Gasteiger charge is 2.11. The van der Waals surface area contributed by atoms with Crippen LogP contribution in [0.2, 0.25) is 0 Å². The van der Waals surface area contributed by atoms with E-state index in [4.69, 9.17) is 0 Å². The lowest BCUT2D eigenvalue weighted by molar-refractivity contribution is 0.133. The third-order valence-corrected chi connectivity index (χ3v) is 2.15. The van der Waals surface area contributed by atoms with Crippen LogP contribution in [0.5, 0.6) is 5.75 Å². The van der Waals surface area contributed by atoms with Gasteiger partial charge in [0, 0.05) is 5.56 Å². The number of allylic oxidation sites excluding steroid dienone is 1. The molecule has 2 heteroatoms. The Bertz CT molecular complexity index is 384. The summed E-state index contributed by atoms with van der Waals surface area (Å²) in [7, 11) is 0. The number of phenols is 1. The molecule has 0 heterocycles. The van der Waals surface area contributed by atoms with Crippen molar-refractivity contribution in [2.45, 2.75) is 33.3 Å². The third kappa shape index (κ3) is 3.40. The molecule has 0 atom stereocenters. The van der Waals surface area contributed by atoms with E-state index < -0.39 is 5.60 Å². The molecular weight excluding hydrogens is 188 g/mol. The van der Waals surface area contributed by atoms with Gasteiger partial charge in [-0.2, -0.15) is 0 Å². The van der Waals surface area contributed by atoms with Crippen LogP contribution in [0.3, 0.4) is 0 Å². The van der Waals surface area contributed by atoms with Crippen LogP contribution in [0, 0.1) is 6.92 Å². The van der Waals surface area contributed by atoms with Crippen molar-refractivity contribution in [3.8, 4) is 5.75 Å². The van der Waals surface area contributed by atoms with Gasteiger partial charge < -0.3 is 10.2 Å². The standard InChI is InChI=1S/C13H18O2/c1-9-5-6-12(14)11(7-9)10(2)8-13(3,4)15/h5-8,14-15H,1-4H3. The van der Waals surface area contributed by atoms with Crippen molar-refractivity contribution in [3.63, 3.8) is 0 Å². The summed E-state index contributed by atoms with van der Waals surface area (Å²) in [5, 5.41) is 19.3. The number of rotatable bonds is 2. The molecule has 82 valence electrons. The Morgan fingerprint density at radius 3 is 2.47 bits per heavy atom. The van der Waals surface area contributed by atoms with Crippen LogP contribution in [0.4, 0.5) is 0 Å². The van der Waals surface area contributed by atoms with E-state index in [0.29, 0.717) is 0 Å². The van der Waals surface area contributed by atoms with E-state index in [0.717, 1.165) is 16.7 Å². The number of phenolic OH excluding ortho intramolecular Hbond substituents is 1. The molecule has 15 heavy (non-hydrogen) atoms. The fourth-order valence-corrected chi connectivity index (χ4v) is 1.57. The minimum atomic E-state index is -0.861. The van der Waals surface area contributed by atoms with E-state index in [9.17, 15) is 10.2 Å². The smallest absolute Gasteiger partial charge is 0.123 e. The summed E-state index contributed by atoms with van der Waals surface area (Å²) in [5.74, 6) is 0.249. The van der Waals surface area contributed by atoms with E-state index >= 15 is 0 Å². The van der Waals surface area contributed by atoms with Gasteiger partial charge in [-0.3, -0.25) is 0 Å². The minimum absolute atomic E-state index is 0.249. The Labute approximate surface area is 90.9 Å². The lowest BCUT2D eigenvalue weighted by Crippen LogP contribution is -2.14. The van der Waals surface area contributed by atoms with Crippen molar-refractivity contribution in [2.75, 3.05) is 0 Å². The van der Waals surface area contributed by atoms with Gasteiger partial charge in [0.15, 0.2) is 0 Å². The molecule has 0 aliphatic carbocycles. The predicted octanol–water partition coefficient (Wildman–Crippen LogP) is 2.87. The van der Waals surface area contributed by atoms with E-state index in [1.165, 1.54) is 0 Å². The molecule has 0 saturated heterocycles. The average molecular weight is 206 g/mol. The largest absolute Gasteiger partial charge is 0.507 e. The molecule has 1 aromatic carbocycles. The zero-order valence-corrected chi connectivity index (χ0v) is 9.70. The minimum Gasteiger partial charge on any atom is -0.507 e. The van der Waals surface area contributed by atoms with Gasteiger partial charge in [0.2, 0.25) is 0 Å². The number of hydrogen-bond donors (Lipinski definition) is 2. The van der Waals surface area contributed by atoms with E-state index in [1.54, 1.807) is 26.0 Å². The maximum absolute atomic E-state index is 9.68. The van der Waals surface area contributed by atoms with Crippen molar-refractivity contribution in [1.29, 1.82) is 0 Å². The van der Waals surface area contributed by atoms with Gasteiger partial charge in [0.1, 0.15) is 5.75 Å². The molecule has 0 bridgehead atoms. The van der Waals surface area contributed by atoms with Crippen LogP contribution < -0.4 is 0 Å². The Balaban J connectivity index is 3.16. The van der Waals surface area contributed by atoms with Crippen LogP contribution in [0.25, 0.3) is 5.57 Å².